The quantitative estimate of drug-likeness (QED) is 0.517. The van der Waals surface area contributed by atoms with E-state index < -0.39 is 0 Å². The Morgan fingerprint density at radius 1 is 1.07 bits per heavy atom. The highest BCUT2D eigenvalue weighted by Gasteiger charge is 2.20. The van der Waals surface area contributed by atoms with Crippen LogP contribution in [0.15, 0.2) is 71.8 Å². The van der Waals surface area contributed by atoms with Crippen LogP contribution in [0.25, 0.3) is 0 Å². The van der Waals surface area contributed by atoms with Crippen LogP contribution < -0.4 is 15.1 Å². The number of aromatic hydroxyl groups is 1. The van der Waals surface area contributed by atoms with E-state index in [4.69, 9.17) is 4.74 Å². The van der Waals surface area contributed by atoms with Crippen molar-refractivity contribution in [3.05, 3.63) is 89.0 Å². The van der Waals surface area contributed by atoms with Crippen LogP contribution in [0.2, 0.25) is 0 Å². The van der Waals surface area contributed by atoms with Crippen LogP contribution in [0, 0.1) is 0 Å². The van der Waals surface area contributed by atoms with Gasteiger partial charge in [0.25, 0.3) is 5.91 Å². The molecule has 0 radical (unpaired) electrons. The first-order chi connectivity index (χ1) is 14.1. The van der Waals surface area contributed by atoms with Crippen molar-refractivity contribution in [2.24, 2.45) is 5.10 Å². The third-order valence-electron chi connectivity index (χ3n) is 4.88. The van der Waals surface area contributed by atoms with Crippen molar-refractivity contribution < 1.29 is 14.6 Å². The van der Waals surface area contributed by atoms with E-state index in [-0.39, 0.29) is 11.7 Å². The van der Waals surface area contributed by atoms with Gasteiger partial charge in [-0.25, -0.2) is 5.43 Å². The van der Waals surface area contributed by atoms with Gasteiger partial charge in [0.05, 0.1) is 13.3 Å². The van der Waals surface area contributed by atoms with Crippen LogP contribution in [-0.2, 0) is 13.1 Å². The zero-order chi connectivity index (χ0) is 20.2. The van der Waals surface area contributed by atoms with Gasteiger partial charge in [0, 0.05) is 24.3 Å². The van der Waals surface area contributed by atoms with Crippen molar-refractivity contribution in [2.45, 2.75) is 13.1 Å². The number of carbonyl (C=O) groups excluding carboxylic acids is 1. The maximum Gasteiger partial charge on any atom is 0.271 e. The minimum absolute atomic E-state index is 0.153. The number of rotatable bonds is 5. The minimum atomic E-state index is -0.271. The molecule has 0 aliphatic carbocycles. The number of hydrogen-bond acceptors (Lipinski definition) is 5. The number of benzene rings is 3. The van der Waals surface area contributed by atoms with E-state index in [1.807, 2.05) is 42.5 Å². The Kier molecular flexibility index (Phi) is 5.16. The van der Waals surface area contributed by atoms with Gasteiger partial charge < -0.3 is 14.7 Å². The second-order valence-corrected chi connectivity index (χ2v) is 6.83. The lowest BCUT2D eigenvalue weighted by atomic mass is 10.1. The first-order valence-electron chi connectivity index (χ1n) is 9.25. The molecule has 6 heteroatoms. The number of nitrogens with one attached hydrogen (secondary N) is 1. The van der Waals surface area contributed by atoms with E-state index in [0.29, 0.717) is 11.1 Å². The molecule has 3 aromatic rings. The summed E-state index contributed by atoms with van der Waals surface area (Å²) in [5.41, 5.74) is 7.25. The van der Waals surface area contributed by atoms with Gasteiger partial charge in [-0.05, 0) is 65.2 Å². The fourth-order valence-electron chi connectivity index (χ4n) is 3.35. The number of hydrogen-bond donors (Lipinski definition) is 2. The van der Waals surface area contributed by atoms with Crippen molar-refractivity contribution in [1.82, 2.24) is 5.43 Å². The number of nitrogens with zero attached hydrogens (tertiary/aromatic N) is 2. The summed E-state index contributed by atoms with van der Waals surface area (Å²) in [6, 6.07) is 20.3. The van der Waals surface area contributed by atoms with E-state index >= 15 is 0 Å². The molecule has 0 fully saturated rings. The van der Waals surface area contributed by atoms with Crippen molar-refractivity contribution in [2.75, 3.05) is 12.0 Å². The summed E-state index contributed by atoms with van der Waals surface area (Å²) in [6.07, 6.45) is 1.50. The molecule has 4 rings (SSSR count). The van der Waals surface area contributed by atoms with Crippen LogP contribution >= 0.6 is 0 Å². The van der Waals surface area contributed by atoms with Crippen LogP contribution in [0.5, 0.6) is 11.5 Å². The van der Waals surface area contributed by atoms with E-state index in [1.54, 1.807) is 31.4 Å². The van der Waals surface area contributed by atoms with Gasteiger partial charge in [0.15, 0.2) is 0 Å². The van der Waals surface area contributed by atoms with Crippen LogP contribution in [0.3, 0.4) is 0 Å². The summed E-state index contributed by atoms with van der Waals surface area (Å²) in [5.74, 6) is 0.711. The molecule has 1 heterocycles. The van der Waals surface area contributed by atoms with Crippen LogP contribution in [0.1, 0.15) is 27.0 Å². The average Bonchev–Trinajstić information content (AvgIpc) is 3.17. The normalized spacial score (nSPS) is 12.8. The maximum absolute atomic E-state index is 12.4. The Labute approximate surface area is 169 Å². The molecular formula is C23H21N3O3. The molecule has 1 aliphatic rings. The number of fused-ring (bicyclic) bond motifs is 1. The second kappa shape index (κ2) is 8.06. The molecule has 0 atom stereocenters. The Bertz CT molecular complexity index is 1060. The number of phenolic OH excluding ortho intramolecular Hbond substituents is 1. The predicted octanol–water partition coefficient (Wildman–Crippen LogP) is 3.68. The van der Waals surface area contributed by atoms with E-state index in [0.717, 1.165) is 30.1 Å². The largest absolute Gasteiger partial charge is 0.508 e. The minimum Gasteiger partial charge on any atom is -0.508 e. The number of ether oxygens (including phenoxy) is 1. The van der Waals surface area contributed by atoms with Crippen molar-refractivity contribution in [3.8, 4) is 11.5 Å². The monoisotopic (exact) mass is 387 g/mol. The molecule has 146 valence electrons. The maximum atomic E-state index is 12.4. The zero-order valence-electron chi connectivity index (χ0n) is 16.0. The lowest BCUT2D eigenvalue weighted by Gasteiger charge is -2.17. The molecule has 2 N–H and O–H groups in total. The molecule has 0 bridgehead atoms. The molecule has 6 nitrogen and oxygen atoms in total. The highest BCUT2D eigenvalue weighted by atomic mass is 16.5. The third-order valence-corrected chi connectivity index (χ3v) is 4.88. The number of carbonyl (C=O) groups is 1. The highest BCUT2D eigenvalue weighted by Crippen LogP contribution is 2.30. The fourth-order valence-corrected chi connectivity index (χ4v) is 3.35. The Balaban J connectivity index is 1.42. The van der Waals surface area contributed by atoms with Gasteiger partial charge in [-0.15, -0.1) is 0 Å². The van der Waals surface area contributed by atoms with Gasteiger partial charge in [0.2, 0.25) is 0 Å². The number of anilines is 1. The third kappa shape index (κ3) is 4.21. The standard InChI is InChI=1S/C23H21N3O3/c1-29-22-9-7-20(8-10-22)26-14-18-6-5-17(12-19(18)15-26)23(28)25-24-13-16-3-2-4-21(27)11-16/h2-13,27H,14-15H2,1H3,(H,25,28)/b24-13+. The van der Waals surface area contributed by atoms with Gasteiger partial charge in [-0.1, -0.05) is 18.2 Å². The Morgan fingerprint density at radius 3 is 2.62 bits per heavy atom. The van der Waals surface area contributed by atoms with Gasteiger partial charge >= 0.3 is 0 Å². The summed E-state index contributed by atoms with van der Waals surface area (Å²) in [4.78, 5) is 14.7. The molecule has 1 amide bonds. The number of phenols is 1. The summed E-state index contributed by atoms with van der Waals surface area (Å²) in [6.45, 7) is 1.55. The summed E-state index contributed by atoms with van der Waals surface area (Å²) in [7, 11) is 1.65. The van der Waals surface area contributed by atoms with Gasteiger partial charge in [-0.3, -0.25) is 4.79 Å². The zero-order valence-corrected chi connectivity index (χ0v) is 16.0. The van der Waals surface area contributed by atoms with Crippen molar-refractivity contribution in [1.29, 1.82) is 0 Å². The summed E-state index contributed by atoms with van der Waals surface area (Å²) < 4.78 is 5.22. The molecule has 3 aromatic carbocycles. The van der Waals surface area contributed by atoms with E-state index in [1.165, 1.54) is 11.8 Å². The molecule has 1 aliphatic heterocycles. The molecule has 0 saturated heterocycles. The van der Waals surface area contributed by atoms with Gasteiger partial charge in [0.1, 0.15) is 11.5 Å². The number of hydrazone groups is 1. The van der Waals surface area contributed by atoms with Crippen LogP contribution in [0.4, 0.5) is 5.69 Å². The Morgan fingerprint density at radius 2 is 1.86 bits per heavy atom. The molecule has 0 saturated carbocycles. The first-order valence-corrected chi connectivity index (χ1v) is 9.25. The molecule has 29 heavy (non-hydrogen) atoms. The molecular weight excluding hydrogens is 366 g/mol. The molecule has 0 aromatic heterocycles. The Hall–Kier alpha value is -3.80. The summed E-state index contributed by atoms with van der Waals surface area (Å²) in [5, 5.41) is 13.4. The van der Waals surface area contributed by atoms with Crippen molar-refractivity contribution in [3.63, 3.8) is 0 Å². The predicted molar refractivity (Wildman–Crippen MR) is 112 cm³/mol. The SMILES string of the molecule is COc1ccc(N2Cc3ccc(C(=O)N/N=C/c4cccc(O)c4)cc3C2)cc1. The van der Waals surface area contributed by atoms with E-state index in [9.17, 15) is 9.90 Å². The lowest BCUT2D eigenvalue weighted by molar-refractivity contribution is 0.0955. The van der Waals surface area contributed by atoms with Crippen molar-refractivity contribution >= 4 is 17.8 Å². The summed E-state index contributed by atoms with van der Waals surface area (Å²) >= 11 is 0. The topological polar surface area (TPSA) is 74.2 Å². The lowest BCUT2D eigenvalue weighted by Crippen LogP contribution is -2.17. The average molecular weight is 387 g/mol. The molecule has 0 spiro atoms. The number of methoxy groups -OCH3 is 1. The second-order valence-electron chi connectivity index (χ2n) is 6.83. The van der Waals surface area contributed by atoms with Gasteiger partial charge in [-0.2, -0.15) is 5.10 Å². The van der Waals surface area contributed by atoms with Crippen LogP contribution in [-0.4, -0.2) is 24.3 Å². The van der Waals surface area contributed by atoms with E-state index in [2.05, 4.69) is 15.4 Å². The smallest absolute Gasteiger partial charge is 0.271 e. The molecule has 0 unspecified atom stereocenters. The number of amides is 1. The first kappa shape index (κ1) is 18.6. The highest BCUT2D eigenvalue weighted by molar-refractivity contribution is 5.95. The fraction of sp³-hybridized carbons (Fsp3) is 0.130.